The van der Waals surface area contributed by atoms with E-state index < -0.39 is 46.8 Å². The van der Waals surface area contributed by atoms with Crippen LogP contribution < -0.4 is 42.5 Å². The number of nitrogens with zero attached hydrogens (tertiary/aromatic N) is 2. The van der Waals surface area contributed by atoms with Gasteiger partial charge in [0, 0.05) is 26.2 Å². The van der Waals surface area contributed by atoms with Crippen molar-refractivity contribution in [3.63, 3.8) is 0 Å². The molecule has 0 heterocycles. The van der Waals surface area contributed by atoms with Gasteiger partial charge in [0.25, 0.3) is 0 Å². The SMILES string of the molecule is CC(C)(C)OC(=O)NCC(=O)NCCCN(CCCCN(CCCNC(=O)CNC(=O)OC(C)(C)C)CCCNC(=O)CNC(=O)OC(C)(C)C)CCCNC(=O)CNC(=O)OC(C)(C)C. The Hall–Kier alpha value is -5.12. The Bertz CT molecular complexity index is 1290. The maximum atomic E-state index is 12.4. The summed E-state index contributed by atoms with van der Waals surface area (Å²) in [6, 6.07) is 0. The third kappa shape index (κ3) is 40.4. The maximum absolute atomic E-state index is 12.4. The molecule has 8 amide bonds. The van der Waals surface area contributed by atoms with Crippen LogP contribution in [0.5, 0.6) is 0 Å². The van der Waals surface area contributed by atoms with Gasteiger partial charge in [0.2, 0.25) is 23.6 Å². The van der Waals surface area contributed by atoms with Gasteiger partial charge in [-0.05, 0) is 161 Å². The lowest BCUT2D eigenvalue weighted by Gasteiger charge is -2.25. The van der Waals surface area contributed by atoms with Gasteiger partial charge in [0.1, 0.15) is 22.4 Å². The summed E-state index contributed by atoms with van der Waals surface area (Å²) in [6.45, 7) is 25.6. The van der Waals surface area contributed by atoms with E-state index in [9.17, 15) is 38.4 Å². The quantitative estimate of drug-likeness (QED) is 0.0396. The number of carbonyl (C=O) groups is 8. The van der Waals surface area contributed by atoms with E-state index in [4.69, 9.17) is 18.9 Å². The number of unbranched alkanes of at least 4 members (excludes halogenated alkanes) is 1. The molecule has 0 saturated carbocycles. The summed E-state index contributed by atoms with van der Waals surface area (Å²) < 4.78 is 20.7. The summed E-state index contributed by atoms with van der Waals surface area (Å²) >= 11 is 0. The van der Waals surface area contributed by atoms with Crippen LogP contribution in [0.2, 0.25) is 0 Å². The Labute approximate surface area is 392 Å². The summed E-state index contributed by atoms with van der Waals surface area (Å²) in [7, 11) is 0. The van der Waals surface area contributed by atoms with Crippen LogP contribution in [0.3, 0.4) is 0 Å². The largest absolute Gasteiger partial charge is 0.444 e. The number of nitrogens with one attached hydrogen (secondary N) is 8. The first-order valence-electron chi connectivity index (χ1n) is 22.9. The highest BCUT2D eigenvalue weighted by molar-refractivity contribution is 5.83. The number of ether oxygens (including phenoxy) is 4. The second-order valence-corrected chi connectivity index (χ2v) is 19.6. The van der Waals surface area contributed by atoms with Gasteiger partial charge < -0.3 is 71.3 Å². The molecule has 0 fully saturated rings. The Kier molecular flexibility index (Phi) is 29.3. The van der Waals surface area contributed by atoms with Gasteiger partial charge in [0.05, 0.1) is 26.2 Å². The van der Waals surface area contributed by atoms with E-state index in [2.05, 4.69) is 52.3 Å². The smallest absolute Gasteiger partial charge is 0.408 e. The minimum Gasteiger partial charge on any atom is -0.444 e. The van der Waals surface area contributed by atoms with Gasteiger partial charge in [-0.3, -0.25) is 19.2 Å². The number of rotatable bonds is 29. The summed E-state index contributed by atoms with van der Waals surface area (Å²) in [5.74, 6) is -1.37. The van der Waals surface area contributed by atoms with E-state index >= 15 is 0 Å². The second kappa shape index (κ2) is 31.7. The van der Waals surface area contributed by atoms with Crippen LogP contribution in [0.15, 0.2) is 0 Å². The van der Waals surface area contributed by atoms with Crippen molar-refractivity contribution in [2.24, 2.45) is 0 Å². The molecule has 0 radical (unpaired) electrons. The Morgan fingerprint density at radius 1 is 0.303 bits per heavy atom. The van der Waals surface area contributed by atoms with Crippen molar-refractivity contribution in [1.82, 2.24) is 52.3 Å². The Balaban J connectivity index is 5.32. The molecule has 66 heavy (non-hydrogen) atoms. The Morgan fingerprint density at radius 2 is 0.485 bits per heavy atom. The molecule has 0 aliphatic heterocycles. The predicted octanol–water partition coefficient (Wildman–Crippen LogP) is 2.49. The molecule has 0 bridgehead atoms. The van der Waals surface area contributed by atoms with Crippen molar-refractivity contribution >= 4 is 48.0 Å². The zero-order chi connectivity index (χ0) is 50.4. The second-order valence-electron chi connectivity index (χ2n) is 19.6. The zero-order valence-electron chi connectivity index (χ0n) is 41.9. The molecule has 0 rings (SSSR count). The van der Waals surface area contributed by atoms with Gasteiger partial charge >= 0.3 is 24.4 Å². The van der Waals surface area contributed by atoms with E-state index in [1.807, 2.05) is 0 Å². The molecule has 22 heteroatoms. The number of carbonyl (C=O) groups excluding carboxylic acids is 8. The molecule has 0 aromatic rings. The predicted molar refractivity (Wildman–Crippen MR) is 250 cm³/mol. The van der Waals surface area contributed by atoms with Crippen LogP contribution in [0.4, 0.5) is 19.2 Å². The molecule has 8 N–H and O–H groups in total. The number of hydrogen-bond acceptors (Lipinski definition) is 14. The summed E-state index contributed by atoms with van der Waals surface area (Å²) in [4.78, 5) is 102. The number of amides is 8. The summed E-state index contributed by atoms with van der Waals surface area (Å²) in [5.41, 5.74) is -2.74. The van der Waals surface area contributed by atoms with Gasteiger partial charge in [-0.15, -0.1) is 0 Å². The first-order chi connectivity index (χ1) is 30.5. The zero-order valence-corrected chi connectivity index (χ0v) is 41.9. The van der Waals surface area contributed by atoms with Gasteiger partial charge in [-0.25, -0.2) is 19.2 Å². The minimum absolute atomic E-state index is 0.215. The highest BCUT2D eigenvalue weighted by atomic mass is 16.6. The van der Waals surface area contributed by atoms with Gasteiger partial charge in [-0.2, -0.15) is 0 Å². The third-order valence-corrected chi connectivity index (χ3v) is 8.26. The van der Waals surface area contributed by atoms with E-state index in [-0.39, 0.29) is 49.8 Å². The van der Waals surface area contributed by atoms with Crippen molar-refractivity contribution in [2.75, 3.05) is 91.6 Å². The van der Waals surface area contributed by atoms with E-state index in [0.717, 1.165) is 25.9 Å². The molecular formula is C44H84N10O12. The summed E-state index contributed by atoms with van der Waals surface area (Å²) in [6.07, 6.45) is 1.48. The highest BCUT2D eigenvalue weighted by Gasteiger charge is 2.20. The fraction of sp³-hybridized carbons (Fsp3) is 0.818. The average Bonchev–Trinajstić information content (AvgIpc) is 3.16. The molecule has 0 atom stereocenters. The van der Waals surface area contributed by atoms with E-state index in [1.54, 1.807) is 83.1 Å². The molecular weight excluding hydrogens is 861 g/mol. The van der Waals surface area contributed by atoms with Crippen LogP contribution in [0.1, 0.15) is 122 Å². The van der Waals surface area contributed by atoms with Crippen LogP contribution >= 0.6 is 0 Å². The Morgan fingerprint density at radius 3 is 0.667 bits per heavy atom. The molecule has 0 spiro atoms. The fourth-order valence-electron chi connectivity index (χ4n) is 5.58. The van der Waals surface area contributed by atoms with Crippen LogP contribution in [0.25, 0.3) is 0 Å². The molecule has 22 nitrogen and oxygen atoms in total. The maximum Gasteiger partial charge on any atom is 0.408 e. The van der Waals surface area contributed by atoms with E-state index in [0.29, 0.717) is 78.0 Å². The van der Waals surface area contributed by atoms with Crippen molar-refractivity contribution in [1.29, 1.82) is 0 Å². The highest BCUT2D eigenvalue weighted by Crippen LogP contribution is 2.09. The first kappa shape index (κ1) is 60.9. The standard InChI is InChI=1S/C44H84N10O12/c1-41(2,3)63-37(59)49-29-33(55)45-19-15-25-53(26-16-20-46-34(56)30-50-38(60)64-42(4,5)6)23-13-14-24-54(27-17-21-47-35(57)31-51-39(61)65-43(7,8)9)28-18-22-48-36(58)32-52-40(62)66-44(10,11)12/h13-32H2,1-12H3,(H,45,55)(H,46,56)(H,47,57)(H,48,58)(H,49,59)(H,50,60)(H,51,61)(H,52,62). The number of hydrogen-bond donors (Lipinski definition) is 8. The lowest BCUT2D eigenvalue weighted by molar-refractivity contribution is -0.121. The van der Waals surface area contributed by atoms with Crippen LogP contribution in [-0.2, 0) is 38.1 Å². The van der Waals surface area contributed by atoms with Gasteiger partial charge in [0.15, 0.2) is 0 Å². The molecule has 0 aromatic carbocycles. The molecule has 0 aromatic heterocycles. The molecule has 382 valence electrons. The normalized spacial score (nSPS) is 11.8. The van der Waals surface area contributed by atoms with Crippen molar-refractivity contribution in [3.8, 4) is 0 Å². The van der Waals surface area contributed by atoms with Crippen LogP contribution in [0, 0.1) is 0 Å². The fourth-order valence-corrected chi connectivity index (χ4v) is 5.58. The van der Waals surface area contributed by atoms with Crippen molar-refractivity contribution in [3.05, 3.63) is 0 Å². The van der Waals surface area contributed by atoms with Crippen molar-refractivity contribution < 1.29 is 57.3 Å². The topological polar surface area (TPSA) is 276 Å². The van der Waals surface area contributed by atoms with Crippen LogP contribution in [-0.4, -0.2) is 172 Å². The van der Waals surface area contributed by atoms with E-state index in [1.165, 1.54) is 0 Å². The molecule has 0 unspecified atom stereocenters. The molecule has 0 aliphatic rings. The number of alkyl carbamates (subject to hydrolysis) is 4. The lowest BCUT2D eigenvalue weighted by atomic mass is 10.2. The lowest BCUT2D eigenvalue weighted by Crippen LogP contribution is -2.41. The third-order valence-electron chi connectivity index (χ3n) is 8.26. The molecule has 0 saturated heterocycles. The monoisotopic (exact) mass is 945 g/mol. The molecule has 0 aliphatic carbocycles. The summed E-state index contributed by atoms with van der Waals surface area (Å²) in [5, 5.41) is 21.0. The first-order valence-corrected chi connectivity index (χ1v) is 22.9. The average molecular weight is 945 g/mol. The van der Waals surface area contributed by atoms with Gasteiger partial charge in [-0.1, -0.05) is 0 Å². The minimum atomic E-state index is -0.685. The van der Waals surface area contributed by atoms with Crippen molar-refractivity contribution in [2.45, 2.75) is 144 Å².